The second-order valence-corrected chi connectivity index (χ2v) is 5.80. The van der Waals surface area contributed by atoms with Crippen molar-refractivity contribution in [2.24, 2.45) is 0 Å². The maximum atomic E-state index is 6.03. The molecule has 1 N–H and O–H groups in total. The summed E-state index contributed by atoms with van der Waals surface area (Å²) in [6, 6.07) is 0.556. The summed E-state index contributed by atoms with van der Waals surface area (Å²) in [7, 11) is 0. The van der Waals surface area contributed by atoms with Gasteiger partial charge in [0.1, 0.15) is 0 Å². The molecule has 4 nitrogen and oxygen atoms in total. The standard InChI is InChI=1S/C15H27NO3/c1-13(2)12-18-10-6-16-14-3-7-19-15(11-14)4-8-17-9-5-15/h14,16H,1,3-12H2,2H3. The number of hydrogen-bond donors (Lipinski definition) is 1. The third-order valence-electron chi connectivity index (χ3n) is 3.92. The van der Waals surface area contributed by atoms with E-state index in [1.807, 2.05) is 6.92 Å². The molecule has 2 fully saturated rings. The van der Waals surface area contributed by atoms with Crippen LogP contribution in [0, 0.1) is 0 Å². The van der Waals surface area contributed by atoms with Gasteiger partial charge in [0.15, 0.2) is 0 Å². The van der Waals surface area contributed by atoms with Gasteiger partial charge in [0.25, 0.3) is 0 Å². The first-order valence-electron chi connectivity index (χ1n) is 7.37. The Hall–Kier alpha value is -0.420. The average molecular weight is 269 g/mol. The Labute approximate surface area is 116 Å². The van der Waals surface area contributed by atoms with E-state index >= 15 is 0 Å². The van der Waals surface area contributed by atoms with Gasteiger partial charge >= 0.3 is 0 Å². The minimum Gasteiger partial charge on any atom is -0.381 e. The molecule has 0 aromatic rings. The highest BCUT2D eigenvalue weighted by molar-refractivity contribution is 4.91. The number of nitrogens with one attached hydrogen (secondary N) is 1. The van der Waals surface area contributed by atoms with Crippen LogP contribution < -0.4 is 5.32 Å². The monoisotopic (exact) mass is 269 g/mol. The lowest BCUT2D eigenvalue weighted by molar-refractivity contribution is -0.140. The van der Waals surface area contributed by atoms with Gasteiger partial charge in [-0.1, -0.05) is 12.2 Å². The summed E-state index contributed by atoms with van der Waals surface area (Å²) in [4.78, 5) is 0. The minimum atomic E-state index is 0.0761. The highest BCUT2D eigenvalue weighted by Crippen LogP contribution is 2.34. The van der Waals surface area contributed by atoms with E-state index in [2.05, 4.69) is 11.9 Å². The summed E-state index contributed by atoms with van der Waals surface area (Å²) in [5, 5.41) is 3.59. The smallest absolute Gasteiger partial charge is 0.0741 e. The van der Waals surface area contributed by atoms with Gasteiger partial charge in [-0.2, -0.15) is 0 Å². The lowest BCUT2D eigenvalue weighted by Crippen LogP contribution is -2.50. The molecule has 0 aliphatic carbocycles. The normalized spacial score (nSPS) is 26.5. The lowest BCUT2D eigenvalue weighted by atomic mass is 9.84. The molecule has 0 amide bonds. The summed E-state index contributed by atoms with van der Waals surface area (Å²) in [5.41, 5.74) is 1.15. The predicted octanol–water partition coefficient (Wildman–Crippen LogP) is 1.90. The lowest BCUT2D eigenvalue weighted by Gasteiger charge is -2.43. The molecule has 19 heavy (non-hydrogen) atoms. The Morgan fingerprint density at radius 3 is 2.89 bits per heavy atom. The van der Waals surface area contributed by atoms with E-state index in [0.717, 1.165) is 64.2 Å². The van der Waals surface area contributed by atoms with Crippen LogP contribution in [0.1, 0.15) is 32.6 Å². The van der Waals surface area contributed by atoms with Crippen molar-refractivity contribution in [3.63, 3.8) is 0 Å². The molecular weight excluding hydrogens is 242 g/mol. The first-order valence-corrected chi connectivity index (χ1v) is 7.37. The van der Waals surface area contributed by atoms with Crippen molar-refractivity contribution in [1.29, 1.82) is 0 Å². The van der Waals surface area contributed by atoms with Crippen molar-refractivity contribution in [3.05, 3.63) is 12.2 Å². The van der Waals surface area contributed by atoms with E-state index < -0.39 is 0 Å². The van der Waals surface area contributed by atoms with E-state index in [9.17, 15) is 0 Å². The summed E-state index contributed by atoms with van der Waals surface area (Å²) < 4.78 is 17.0. The Bertz CT molecular complexity index is 282. The molecule has 0 aromatic carbocycles. The molecule has 1 unspecified atom stereocenters. The average Bonchev–Trinajstić information content (AvgIpc) is 2.39. The number of rotatable bonds is 6. The maximum absolute atomic E-state index is 6.03. The third kappa shape index (κ3) is 4.88. The highest BCUT2D eigenvalue weighted by Gasteiger charge is 2.38. The van der Waals surface area contributed by atoms with Gasteiger partial charge in [-0.05, 0) is 32.6 Å². The van der Waals surface area contributed by atoms with E-state index in [1.165, 1.54) is 0 Å². The Morgan fingerprint density at radius 2 is 2.16 bits per heavy atom. The van der Waals surface area contributed by atoms with Crippen molar-refractivity contribution in [2.75, 3.05) is 39.6 Å². The van der Waals surface area contributed by atoms with E-state index in [0.29, 0.717) is 12.6 Å². The van der Waals surface area contributed by atoms with Crippen LogP contribution in [0.3, 0.4) is 0 Å². The van der Waals surface area contributed by atoms with Gasteiger partial charge in [0.2, 0.25) is 0 Å². The molecule has 4 heteroatoms. The van der Waals surface area contributed by atoms with Crippen molar-refractivity contribution in [1.82, 2.24) is 5.32 Å². The molecule has 0 radical (unpaired) electrons. The van der Waals surface area contributed by atoms with Crippen LogP contribution in [0.5, 0.6) is 0 Å². The Balaban J connectivity index is 1.65. The number of hydrogen-bond acceptors (Lipinski definition) is 4. The van der Waals surface area contributed by atoms with Crippen LogP contribution >= 0.6 is 0 Å². The Kier molecular flexibility index (Phi) is 5.82. The third-order valence-corrected chi connectivity index (χ3v) is 3.92. The first kappa shape index (κ1) is 15.0. The molecule has 1 atom stereocenters. The zero-order valence-corrected chi connectivity index (χ0v) is 12.1. The molecule has 0 bridgehead atoms. The van der Waals surface area contributed by atoms with Gasteiger partial charge in [0, 0.05) is 32.4 Å². The molecular formula is C15H27NO3. The van der Waals surface area contributed by atoms with Crippen LogP contribution in [-0.2, 0) is 14.2 Å². The zero-order chi connectivity index (χ0) is 13.6. The molecule has 2 rings (SSSR count). The fourth-order valence-corrected chi connectivity index (χ4v) is 2.88. The maximum Gasteiger partial charge on any atom is 0.0741 e. The van der Waals surface area contributed by atoms with Gasteiger partial charge in [-0.3, -0.25) is 0 Å². The van der Waals surface area contributed by atoms with Gasteiger partial charge in [-0.15, -0.1) is 0 Å². The molecule has 0 saturated carbocycles. The van der Waals surface area contributed by atoms with Gasteiger partial charge in [-0.25, -0.2) is 0 Å². The second-order valence-electron chi connectivity index (χ2n) is 5.80. The topological polar surface area (TPSA) is 39.7 Å². The fraction of sp³-hybridized carbons (Fsp3) is 0.867. The second kappa shape index (κ2) is 7.39. The molecule has 0 aromatic heterocycles. The SMILES string of the molecule is C=C(C)COCCNC1CCOC2(CCOCC2)C1. The molecule has 2 aliphatic heterocycles. The van der Waals surface area contributed by atoms with Crippen LogP contribution in [0.4, 0.5) is 0 Å². The van der Waals surface area contributed by atoms with Crippen molar-refractivity contribution >= 4 is 0 Å². The fourth-order valence-electron chi connectivity index (χ4n) is 2.88. The quantitative estimate of drug-likeness (QED) is 0.590. The molecule has 2 saturated heterocycles. The summed E-state index contributed by atoms with van der Waals surface area (Å²) in [5.74, 6) is 0. The van der Waals surface area contributed by atoms with Crippen LogP contribution in [0.15, 0.2) is 12.2 Å². The zero-order valence-electron chi connectivity index (χ0n) is 12.1. The van der Waals surface area contributed by atoms with Gasteiger partial charge in [0.05, 0.1) is 18.8 Å². The summed E-state index contributed by atoms with van der Waals surface area (Å²) in [6.07, 6.45) is 4.29. The van der Waals surface area contributed by atoms with E-state index in [4.69, 9.17) is 14.2 Å². The van der Waals surface area contributed by atoms with E-state index in [-0.39, 0.29) is 5.60 Å². The van der Waals surface area contributed by atoms with Gasteiger partial charge < -0.3 is 19.5 Å². The van der Waals surface area contributed by atoms with Crippen LogP contribution in [0.25, 0.3) is 0 Å². The molecule has 110 valence electrons. The molecule has 1 spiro atoms. The number of ether oxygens (including phenoxy) is 3. The summed E-state index contributed by atoms with van der Waals surface area (Å²) >= 11 is 0. The first-order chi connectivity index (χ1) is 9.20. The summed E-state index contributed by atoms with van der Waals surface area (Å²) in [6.45, 7) is 10.7. The molecule has 2 aliphatic rings. The van der Waals surface area contributed by atoms with Crippen molar-refractivity contribution < 1.29 is 14.2 Å². The highest BCUT2D eigenvalue weighted by atomic mass is 16.5. The van der Waals surface area contributed by atoms with Crippen LogP contribution in [0.2, 0.25) is 0 Å². The Morgan fingerprint density at radius 1 is 1.37 bits per heavy atom. The van der Waals surface area contributed by atoms with Crippen LogP contribution in [-0.4, -0.2) is 51.2 Å². The van der Waals surface area contributed by atoms with E-state index in [1.54, 1.807) is 0 Å². The minimum absolute atomic E-state index is 0.0761. The predicted molar refractivity (Wildman–Crippen MR) is 75.4 cm³/mol. The van der Waals surface area contributed by atoms with Crippen molar-refractivity contribution in [2.45, 2.75) is 44.2 Å². The molecule has 2 heterocycles. The van der Waals surface area contributed by atoms with Crippen molar-refractivity contribution in [3.8, 4) is 0 Å². The largest absolute Gasteiger partial charge is 0.381 e.